The minimum absolute atomic E-state index is 0.0138. The van der Waals surface area contributed by atoms with Crippen LogP contribution in [0.25, 0.3) is 0 Å². The summed E-state index contributed by atoms with van der Waals surface area (Å²) in [5.74, 6) is 0.601. The van der Waals surface area contributed by atoms with Crippen LogP contribution in [-0.4, -0.2) is 32.5 Å². The molecule has 1 aliphatic heterocycles. The molecule has 0 spiro atoms. The highest BCUT2D eigenvalue weighted by atomic mass is 28.4. The van der Waals surface area contributed by atoms with Crippen LogP contribution in [0.1, 0.15) is 69.2 Å². The first-order valence-corrected chi connectivity index (χ1v) is 17.2. The molecule has 1 aliphatic carbocycles. The van der Waals surface area contributed by atoms with Crippen LogP contribution < -0.4 is 5.19 Å². The summed E-state index contributed by atoms with van der Waals surface area (Å²) in [5, 5.41) is 1.26. The van der Waals surface area contributed by atoms with Crippen LogP contribution in [0.15, 0.2) is 84.1 Å². The summed E-state index contributed by atoms with van der Waals surface area (Å²) in [4.78, 5) is 25.0. The van der Waals surface area contributed by atoms with Crippen LogP contribution in [0.4, 0.5) is 0 Å². The van der Waals surface area contributed by atoms with Gasteiger partial charge in [-0.1, -0.05) is 60.2 Å². The second kappa shape index (κ2) is 13.3. The number of carbonyl (C=O) groups excluding carboxylic acids is 2. The molecular weight excluding hydrogens is 504 g/mol. The SMILES string of the molecule is CC(C)=CCCCCC(=CC[C@H]1C(OC(=O)c2ccccc2)CC2OC(=O)CC21)O[Si](C)(C)c1ccccc1. The molecule has 2 aliphatic rings. The van der Waals surface area contributed by atoms with Gasteiger partial charge in [0.25, 0.3) is 8.32 Å². The van der Waals surface area contributed by atoms with Crippen molar-refractivity contribution in [3.63, 3.8) is 0 Å². The van der Waals surface area contributed by atoms with Gasteiger partial charge in [-0.25, -0.2) is 4.79 Å². The molecule has 0 bridgehead atoms. The summed E-state index contributed by atoms with van der Waals surface area (Å²) < 4.78 is 18.4. The number of benzene rings is 2. The van der Waals surface area contributed by atoms with E-state index in [0.717, 1.165) is 31.4 Å². The number of fused-ring (bicyclic) bond motifs is 1. The largest absolute Gasteiger partial charge is 0.543 e. The fourth-order valence-corrected chi connectivity index (χ4v) is 7.68. The Labute approximate surface area is 234 Å². The molecule has 0 radical (unpaired) electrons. The number of hydrogen-bond donors (Lipinski definition) is 0. The lowest BCUT2D eigenvalue weighted by Gasteiger charge is -2.28. The van der Waals surface area contributed by atoms with E-state index in [-0.39, 0.29) is 36.0 Å². The second-order valence-corrected chi connectivity index (χ2v) is 15.3. The van der Waals surface area contributed by atoms with Crippen LogP contribution in [0.3, 0.4) is 0 Å². The van der Waals surface area contributed by atoms with Crippen molar-refractivity contribution in [3.05, 3.63) is 89.7 Å². The highest BCUT2D eigenvalue weighted by molar-refractivity contribution is 6.84. The Hall–Kier alpha value is -3.12. The van der Waals surface area contributed by atoms with Crippen molar-refractivity contribution in [2.75, 3.05) is 0 Å². The third-order valence-corrected chi connectivity index (χ3v) is 10.3. The van der Waals surface area contributed by atoms with Crippen molar-refractivity contribution in [2.45, 2.75) is 84.1 Å². The number of allylic oxidation sites excluding steroid dienone is 4. The molecule has 208 valence electrons. The Balaban J connectivity index is 1.51. The first-order valence-electron chi connectivity index (χ1n) is 14.3. The maximum atomic E-state index is 12.9. The molecule has 2 fully saturated rings. The van der Waals surface area contributed by atoms with E-state index in [1.165, 1.54) is 10.8 Å². The molecule has 1 heterocycles. The normalized spacial score (nSPS) is 22.7. The second-order valence-electron chi connectivity index (χ2n) is 11.5. The number of rotatable bonds is 12. The number of carbonyl (C=O) groups is 2. The number of esters is 2. The molecule has 0 aromatic heterocycles. The van der Waals surface area contributed by atoms with Gasteiger partial charge in [0.15, 0.2) is 0 Å². The van der Waals surface area contributed by atoms with Gasteiger partial charge in [-0.2, -0.15) is 0 Å². The van der Waals surface area contributed by atoms with Crippen LogP contribution >= 0.6 is 0 Å². The zero-order valence-electron chi connectivity index (χ0n) is 23.7. The molecule has 1 saturated heterocycles. The molecule has 1 saturated carbocycles. The fourth-order valence-electron chi connectivity index (χ4n) is 5.72. The molecule has 6 heteroatoms. The summed E-state index contributed by atoms with van der Waals surface area (Å²) >= 11 is 0. The van der Waals surface area contributed by atoms with Crippen LogP contribution in [0.2, 0.25) is 13.1 Å². The van der Waals surface area contributed by atoms with E-state index >= 15 is 0 Å². The van der Waals surface area contributed by atoms with E-state index in [1.807, 2.05) is 24.3 Å². The van der Waals surface area contributed by atoms with E-state index in [9.17, 15) is 9.59 Å². The highest BCUT2D eigenvalue weighted by Crippen LogP contribution is 2.45. The van der Waals surface area contributed by atoms with E-state index < -0.39 is 8.32 Å². The molecule has 0 amide bonds. The van der Waals surface area contributed by atoms with Gasteiger partial charge in [0.1, 0.15) is 12.2 Å². The van der Waals surface area contributed by atoms with Gasteiger partial charge in [0.05, 0.1) is 17.7 Å². The average Bonchev–Trinajstić information content (AvgIpc) is 3.42. The van der Waals surface area contributed by atoms with Crippen LogP contribution in [0.5, 0.6) is 0 Å². The van der Waals surface area contributed by atoms with Crippen molar-refractivity contribution in [1.82, 2.24) is 0 Å². The van der Waals surface area contributed by atoms with E-state index in [2.05, 4.69) is 63.4 Å². The third-order valence-electron chi connectivity index (χ3n) is 7.83. The molecule has 2 aromatic carbocycles. The lowest BCUT2D eigenvalue weighted by molar-refractivity contribution is -0.141. The van der Waals surface area contributed by atoms with Crippen molar-refractivity contribution in [2.24, 2.45) is 11.8 Å². The average molecular weight is 547 g/mol. The molecule has 4 rings (SSSR count). The maximum absolute atomic E-state index is 12.9. The molecule has 4 atom stereocenters. The molecule has 2 aromatic rings. The molecule has 5 nitrogen and oxygen atoms in total. The maximum Gasteiger partial charge on any atom is 0.338 e. The summed E-state index contributed by atoms with van der Waals surface area (Å²) in [7, 11) is -2.17. The highest BCUT2D eigenvalue weighted by Gasteiger charge is 2.51. The van der Waals surface area contributed by atoms with Gasteiger partial charge in [-0.3, -0.25) is 4.79 Å². The molecule has 3 unspecified atom stereocenters. The standard InChI is InChI=1S/C33H42O5Si/c1-24(2)14-8-5-11-17-26(38-39(3,4)27-18-12-7-13-19-27)20-21-28-29-22-32(34)36-31(29)23-30(28)37-33(35)25-15-9-6-10-16-25/h6-7,9-10,12-16,18-20,28-31H,5,8,11,17,21-23H2,1-4H3/t28-,29?,30?,31?/m1/s1. The van der Waals surface area contributed by atoms with Gasteiger partial charge >= 0.3 is 11.9 Å². The molecular formula is C33H42O5Si. The summed E-state index contributed by atoms with van der Waals surface area (Å²) in [6, 6.07) is 19.6. The van der Waals surface area contributed by atoms with Crippen molar-refractivity contribution >= 4 is 25.4 Å². The Bertz CT molecular complexity index is 1170. The quantitative estimate of drug-likeness (QED) is 0.0935. The Kier molecular flexibility index (Phi) is 9.84. The minimum atomic E-state index is -2.17. The Morgan fingerprint density at radius 2 is 1.69 bits per heavy atom. The monoisotopic (exact) mass is 546 g/mol. The topological polar surface area (TPSA) is 61.8 Å². The van der Waals surface area contributed by atoms with Crippen molar-refractivity contribution < 1.29 is 23.5 Å². The molecule has 0 N–H and O–H groups in total. The number of unbranched alkanes of at least 4 members (excludes halogenated alkanes) is 2. The predicted octanol–water partition coefficient (Wildman–Crippen LogP) is 7.09. The fraction of sp³-hybridized carbons (Fsp3) is 0.455. The van der Waals surface area contributed by atoms with Crippen LogP contribution in [0, 0.1) is 11.8 Å². The van der Waals surface area contributed by atoms with Gasteiger partial charge < -0.3 is 13.9 Å². The summed E-state index contributed by atoms with van der Waals surface area (Å²) in [6.45, 7) is 8.74. The van der Waals surface area contributed by atoms with E-state index in [4.69, 9.17) is 13.9 Å². The zero-order chi connectivity index (χ0) is 27.8. The smallest absolute Gasteiger partial charge is 0.338 e. The first kappa shape index (κ1) is 28.9. The summed E-state index contributed by atoms with van der Waals surface area (Å²) in [6.07, 6.45) is 9.71. The predicted molar refractivity (Wildman–Crippen MR) is 157 cm³/mol. The van der Waals surface area contributed by atoms with Gasteiger partial charge in [-0.15, -0.1) is 0 Å². The Morgan fingerprint density at radius 3 is 2.38 bits per heavy atom. The Morgan fingerprint density at radius 1 is 1.00 bits per heavy atom. The lowest BCUT2D eigenvalue weighted by atomic mass is 9.89. The number of ether oxygens (including phenoxy) is 2. The third kappa shape index (κ3) is 7.95. The van der Waals surface area contributed by atoms with Gasteiger partial charge in [0.2, 0.25) is 0 Å². The van der Waals surface area contributed by atoms with Crippen LogP contribution in [-0.2, 0) is 18.7 Å². The molecule has 39 heavy (non-hydrogen) atoms. The van der Waals surface area contributed by atoms with Crippen molar-refractivity contribution in [3.8, 4) is 0 Å². The summed E-state index contributed by atoms with van der Waals surface area (Å²) in [5.41, 5.74) is 1.89. The number of hydrogen-bond acceptors (Lipinski definition) is 5. The van der Waals surface area contributed by atoms with Crippen molar-refractivity contribution in [1.29, 1.82) is 0 Å². The van der Waals surface area contributed by atoms with E-state index in [1.54, 1.807) is 12.1 Å². The van der Waals surface area contributed by atoms with Gasteiger partial charge in [0, 0.05) is 24.7 Å². The van der Waals surface area contributed by atoms with E-state index in [0.29, 0.717) is 24.8 Å². The van der Waals surface area contributed by atoms with Gasteiger partial charge in [-0.05, 0) is 76.0 Å². The lowest BCUT2D eigenvalue weighted by Crippen LogP contribution is -2.44. The first-order chi connectivity index (χ1) is 18.7. The minimum Gasteiger partial charge on any atom is -0.543 e. The zero-order valence-corrected chi connectivity index (χ0v) is 24.7.